The summed E-state index contributed by atoms with van der Waals surface area (Å²) in [5.74, 6) is -9.94. The molecule has 6 heteroatoms. The van der Waals surface area contributed by atoms with Crippen LogP contribution in [0.25, 0.3) is 0 Å². The van der Waals surface area contributed by atoms with Gasteiger partial charge in [0.05, 0.1) is 5.38 Å². The van der Waals surface area contributed by atoms with Gasteiger partial charge in [0, 0.05) is 5.56 Å². The van der Waals surface area contributed by atoms with Crippen LogP contribution < -0.4 is 0 Å². The summed E-state index contributed by atoms with van der Waals surface area (Å²) in [6, 6.07) is 6.90. The lowest BCUT2D eigenvalue weighted by Gasteiger charge is -2.15. The van der Waals surface area contributed by atoms with E-state index in [-0.39, 0.29) is 6.42 Å². The van der Waals surface area contributed by atoms with Crippen LogP contribution in [0.5, 0.6) is 0 Å². The Morgan fingerprint density at radius 3 is 1.86 bits per heavy atom. The lowest BCUT2D eigenvalue weighted by Crippen LogP contribution is -2.10. The molecule has 0 aliphatic carbocycles. The number of halogens is 6. The first-order valence-electron chi connectivity index (χ1n) is 6.04. The molecular formula is C15H10ClF5. The third-order valence-electron chi connectivity index (χ3n) is 3.22. The second-order valence-electron chi connectivity index (χ2n) is 4.58. The predicted octanol–water partition coefficient (Wildman–Crippen LogP) is 5.21. The van der Waals surface area contributed by atoms with E-state index in [0.29, 0.717) is 5.56 Å². The minimum absolute atomic E-state index is 0.0490. The van der Waals surface area contributed by atoms with Crippen molar-refractivity contribution in [2.45, 2.75) is 18.7 Å². The fourth-order valence-electron chi connectivity index (χ4n) is 2.03. The molecule has 0 aliphatic rings. The van der Waals surface area contributed by atoms with Crippen LogP contribution in [0.4, 0.5) is 22.0 Å². The second-order valence-corrected chi connectivity index (χ2v) is 5.11. The predicted molar refractivity (Wildman–Crippen MR) is 69.7 cm³/mol. The van der Waals surface area contributed by atoms with Crippen molar-refractivity contribution >= 4 is 11.6 Å². The van der Waals surface area contributed by atoms with Gasteiger partial charge >= 0.3 is 0 Å². The Kier molecular flexibility index (Phi) is 4.52. The molecule has 0 N–H and O–H groups in total. The van der Waals surface area contributed by atoms with Gasteiger partial charge in [-0.3, -0.25) is 0 Å². The molecule has 0 bridgehead atoms. The molecule has 2 rings (SSSR count). The highest BCUT2D eigenvalue weighted by molar-refractivity contribution is 6.21. The van der Waals surface area contributed by atoms with Gasteiger partial charge in [0.2, 0.25) is 5.82 Å². The second kappa shape index (κ2) is 6.02. The van der Waals surface area contributed by atoms with Gasteiger partial charge in [-0.05, 0) is 24.5 Å². The first-order chi connectivity index (χ1) is 9.84. The molecule has 21 heavy (non-hydrogen) atoms. The van der Waals surface area contributed by atoms with Gasteiger partial charge < -0.3 is 0 Å². The minimum atomic E-state index is -2.19. The molecule has 1 atom stereocenters. The van der Waals surface area contributed by atoms with E-state index in [4.69, 9.17) is 11.6 Å². The van der Waals surface area contributed by atoms with Crippen LogP contribution in [0.1, 0.15) is 22.1 Å². The highest BCUT2D eigenvalue weighted by Gasteiger charge is 2.29. The summed E-state index contributed by atoms with van der Waals surface area (Å²) in [5.41, 5.74) is 0.477. The monoisotopic (exact) mass is 320 g/mol. The molecule has 0 heterocycles. The molecule has 112 valence electrons. The van der Waals surface area contributed by atoms with Crippen molar-refractivity contribution in [1.29, 1.82) is 0 Å². The molecule has 0 aromatic heterocycles. The van der Waals surface area contributed by atoms with E-state index in [1.54, 1.807) is 31.2 Å². The number of alkyl halides is 1. The molecular weight excluding hydrogens is 311 g/mol. The summed E-state index contributed by atoms with van der Waals surface area (Å²) in [7, 11) is 0. The van der Waals surface area contributed by atoms with Gasteiger partial charge in [0.25, 0.3) is 0 Å². The van der Waals surface area contributed by atoms with Gasteiger partial charge in [0.1, 0.15) is 0 Å². The van der Waals surface area contributed by atoms with Gasteiger partial charge in [-0.1, -0.05) is 24.3 Å². The average molecular weight is 321 g/mol. The van der Waals surface area contributed by atoms with Crippen LogP contribution in [0, 0.1) is 36.0 Å². The summed E-state index contributed by atoms with van der Waals surface area (Å²) in [6.07, 6.45) is -0.0490. The van der Waals surface area contributed by atoms with E-state index in [1.165, 1.54) is 0 Å². The third kappa shape index (κ3) is 2.88. The maximum Gasteiger partial charge on any atom is 0.200 e. The summed E-state index contributed by atoms with van der Waals surface area (Å²) < 4.78 is 66.6. The lowest BCUT2D eigenvalue weighted by molar-refractivity contribution is 0.369. The number of aryl methyl sites for hydroxylation is 1. The van der Waals surface area contributed by atoms with Crippen molar-refractivity contribution in [1.82, 2.24) is 0 Å². The molecule has 0 radical (unpaired) electrons. The molecule has 0 saturated carbocycles. The zero-order chi connectivity index (χ0) is 15.7. The lowest BCUT2D eigenvalue weighted by atomic mass is 9.99. The fourth-order valence-corrected chi connectivity index (χ4v) is 2.39. The Morgan fingerprint density at radius 2 is 1.33 bits per heavy atom. The van der Waals surface area contributed by atoms with E-state index in [0.717, 1.165) is 5.56 Å². The topological polar surface area (TPSA) is 0 Å². The van der Waals surface area contributed by atoms with E-state index in [9.17, 15) is 22.0 Å². The molecule has 2 aromatic rings. The standard InChI is InChI=1S/C15H10ClF5/c1-7-4-2-3-5-8(7)6-9(16)10-11(17)13(19)15(21)14(20)12(10)18/h2-5,9H,6H2,1H3. The summed E-state index contributed by atoms with van der Waals surface area (Å²) in [5, 5.41) is -1.37. The van der Waals surface area contributed by atoms with Crippen molar-refractivity contribution in [3.05, 3.63) is 70.0 Å². The number of rotatable bonds is 3. The Balaban J connectivity index is 2.45. The molecule has 0 nitrogen and oxygen atoms in total. The van der Waals surface area contributed by atoms with Crippen molar-refractivity contribution in [3.8, 4) is 0 Å². The van der Waals surface area contributed by atoms with Crippen LogP contribution in [0.2, 0.25) is 0 Å². The molecule has 1 unspecified atom stereocenters. The zero-order valence-corrected chi connectivity index (χ0v) is 11.6. The SMILES string of the molecule is Cc1ccccc1CC(Cl)c1c(F)c(F)c(F)c(F)c1F. The smallest absolute Gasteiger partial charge is 0.200 e. The summed E-state index contributed by atoms with van der Waals surface area (Å²) >= 11 is 5.88. The van der Waals surface area contributed by atoms with Gasteiger partial charge in [-0.2, -0.15) is 0 Å². The molecule has 2 aromatic carbocycles. The van der Waals surface area contributed by atoms with Crippen LogP contribution in [0.3, 0.4) is 0 Å². The van der Waals surface area contributed by atoms with Crippen LogP contribution in [-0.2, 0) is 6.42 Å². The number of hydrogen-bond donors (Lipinski definition) is 0. The van der Waals surface area contributed by atoms with E-state index in [2.05, 4.69) is 0 Å². The van der Waals surface area contributed by atoms with Crippen molar-refractivity contribution in [3.63, 3.8) is 0 Å². The Morgan fingerprint density at radius 1 is 0.857 bits per heavy atom. The maximum absolute atomic E-state index is 13.7. The molecule has 0 amide bonds. The maximum atomic E-state index is 13.7. The Bertz CT molecular complexity index is 655. The van der Waals surface area contributed by atoms with Gasteiger partial charge in [0.15, 0.2) is 23.3 Å². The molecule has 0 spiro atoms. The molecule has 0 aliphatic heterocycles. The quantitative estimate of drug-likeness (QED) is 0.315. The number of hydrogen-bond acceptors (Lipinski definition) is 0. The van der Waals surface area contributed by atoms with E-state index < -0.39 is 40.0 Å². The first kappa shape index (κ1) is 15.8. The van der Waals surface area contributed by atoms with Crippen molar-refractivity contribution in [2.75, 3.05) is 0 Å². The minimum Gasteiger partial charge on any atom is -0.203 e. The van der Waals surface area contributed by atoms with Crippen molar-refractivity contribution < 1.29 is 22.0 Å². The highest BCUT2D eigenvalue weighted by atomic mass is 35.5. The average Bonchev–Trinajstić information content (AvgIpc) is 2.46. The normalized spacial score (nSPS) is 12.5. The first-order valence-corrected chi connectivity index (χ1v) is 6.48. The molecule has 0 saturated heterocycles. The Hall–Kier alpha value is -1.62. The molecule has 0 fully saturated rings. The van der Waals surface area contributed by atoms with E-state index in [1.807, 2.05) is 0 Å². The van der Waals surface area contributed by atoms with Crippen LogP contribution in [0.15, 0.2) is 24.3 Å². The van der Waals surface area contributed by atoms with E-state index >= 15 is 0 Å². The van der Waals surface area contributed by atoms with Gasteiger partial charge in [-0.25, -0.2) is 22.0 Å². The van der Waals surface area contributed by atoms with Crippen molar-refractivity contribution in [2.24, 2.45) is 0 Å². The third-order valence-corrected chi connectivity index (χ3v) is 3.59. The zero-order valence-electron chi connectivity index (χ0n) is 10.9. The largest absolute Gasteiger partial charge is 0.203 e. The van der Waals surface area contributed by atoms with Crippen LogP contribution in [-0.4, -0.2) is 0 Å². The summed E-state index contributed by atoms with van der Waals surface area (Å²) in [4.78, 5) is 0. The fraction of sp³-hybridized carbons (Fsp3) is 0.200. The Labute approximate surface area is 123 Å². The van der Waals surface area contributed by atoms with Gasteiger partial charge in [-0.15, -0.1) is 11.6 Å². The summed E-state index contributed by atoms with van der Waals surface area (Å²) in [6.45, 7) is 1.76. The number of benzene rings is 2. The van der Waals surface area contributed by atoms with Crippen LogP contribution >= 0.6 is 11.6 Å². The highest BCUT2D eigenvalue weighted by Crippen LogP contribution is 2.33.